The third kappa shape index (κ3) is 6.42. The maximum atomic E-state index is 13.5. The molecule has 48 heavy (non-hydrogen) atoms. The smallest absolute Gasteiger partial charge is 0.239 e. The number of benzene rings is 1. The topological polar surface area (TPSA) is 140 Å². The summed E-state index contributed by atoms with van der Waals surface area (Å²) >= 11 is 0. The van der Waals surface area contributed by atoms with Gasteiger partial charge < -0.3 is 34.7 Å². The minimum absolute atomic E-state index is 0.369. The summed E-state index contributed by atoms with van der Waals surface area (Å²) < 4.78 is 19.4. The summed E-state index contributed by atoms with van der Waals surface area (Å²) in [5.74, 6) is 2.40. The zero-order chi connectivity index (χ0) is 33.4. The average molecular weight is 670 g/mol. The third-order valence-electron chi connectivity index (χ3n) is 9.50. The highest BCUT2D eigenvalue weighted by molar-refractivity contribution is 7.71. The lowest BCUT2D eigenvalue weighted by Gasteiger charge is -2.42. The van der Waals surface area contributed by atoms with Gasteiger partial charge in [-0.3, -0.25) is 14.9 Å². The zero-order valence-corrected chi connectivity index (χ0v) is 29.2. The molecule has 0 bridgehead atoms. The molecule has 252 valence electrons. The number of ether oxygens (including phenoxy) is 1. The number of hydrogen-bond donors (Lipinski definition) is 3. The van der Waals surface area contributed by atoms with E-state index in [2.05, 4.69) is 60.3 Å². The Kier molecular flexibility index (Phi) is 8.93. The number of piperazine rings is 1. The summed E-state index contributed by atoms with van der Waals surface area (Å²) in [6.07, 6.45) is 8.17. The molecule has 2 fully saturated rings. The SMILES string of the molecule is CCc1cc(Nc2nc(Nc3ccc4nccnc4c3P(C)(C)=O)c3cc[nH]c3n2)c(OC)nc1N1CCC(N2CCN(C)CC2)CC1. The summed E-state index contributed by atoms with van der Waals surface area (Å²) in [7, 11) is 1.08. The maximum absolute atomic E-state index is 13.5. The van der Waals surface area contributed by atoms with E-state index >= 15 is 0 Å². The first-order valence-corrected chi connectivity index (χ1v) is 19.3. The number of methoxy groups -OCH3 is 1. The highest BCUT2D eigenvalue weighted by atomic mass is 31.2. The molecular formula is C34H44N11O2P. The summed E-state index contributed by atoms with van der Waals surface area (Å²) in [5, 5.41) is 8.26. The van der Waals surface area contributed by atoms with Crippen LogP contribution in [0.5, 0.6) is 5.88 Å². The molecule has 0 atom stereocenters. The van der Waals surface area contributed by atoms with Crippen LogP contribution in [0.4, 0.5) is 29.0 Å². The Bertz CT molecular complexity index is 1980. The Hall–Kier alpha value is -4.32. The van der Waals surface area contributed by atoms with E-state index in [1.165, 1.54) is 0 Å². The van der Waals surface area contributed by atoms with E-state index < -0.39 is 7.14 Å². The number of nitrogens with zero attached hydrogens (tertiary/aromatic N) is 8. The lowest BCUT2D eigenvalue weighted by Crippen LogP contribution is -2.52. The molecule has 0 spiro atoms. The van der Waals surface area contributed by atoms with Crippen molar-refractivity contribution in [2.24, 2.45) is 0 Å². The standard InChI is InChI=1S/C34H44N11O2P/c1-6-22-21-27(33(47-3)42-32(22)45-15-10-23(11-16-45)44-19-17-43(2)18-20-44)39-34-40-30-24(9-12-37-30)31(41-34)38-26-8-7-25-28(36-14-13-35-25)29(26)48(4,5)46/h7-9,12-14,21,23H,6,10-11,15-20H2,1-5H3,(H3,37,38,39,40,41). The molecule has 1 aromatic carbocycles. The fourth-order valence-corrected chi connectivity index (χ4v) is 8.34. The van der Waals surface area contributed by atoms with Crippen LogP contribution in [0.15, 0.2) is 42.9 Å². The number of fused-ring (bicyclic) bond motifs is 2. The van der Waals surface area contributed by atoms with E-state index in [1.54, 1.807) is 32.8 Å². The van der Waals surface area contributed by atoms with E-state index in [9.17, 15) is 4.57 Å². The van der Waals surface area contributed by atoms with E-state index in [0.717, 1.165) is 75.3 Å². The van der Waals surface area contributed by atoms with Gasteiger partial charge in [0.2, 0.25) is 11.8 Å². The van der Waals surface area contributed by atoms with Gasteiger partial charge in [0.05, 0.1) is 29.0 Å². The largest absolute Gasteiger partial charge is 0.479 e. The molecule has 13 nitrogen and oxygen atoms in total. The van der Waals surface area contributed by atoms with Crippen molar-refractivity contribution < 1.29 is 9.30 Å². The van der Waals surface area contributed by atoms with Crippen LogP contribution in [-0.4, -0.2) is 113 Å². The Labute approximate surface area is 280 Å². The van der Waals surface area contributed by atoms with Crippen molar-refractivity contribution in [3.63, 3.8) is 0 Å². The van der Waals surface area contributed by atoms with Crippen molar-refractivity contribution >= 4 is 63.5 Å². The van der Waals surface area contributed by atoms with Gasteiger partial charge in [0.1, 0.15) is 35.6 Å². The van der Waals surface area contributed by atoms with Crippen molar-refractivity contribution in [3.8, 4) is 5.88 Å². The van der Waals surface area contributed by atoms with Gasteiger partial charge in [0, 0.05) is 63.9 Å². The number of pyridine rings is 1. The second kappa shape index (κ2) is 13.3. The molecule has 2 saturated heterocycles. The second-order valence-electron chi connectivity index (χ2n) is 13.1. The molecule has 6 heterocycles. The third-order valence-corrected chi connectivity index (χ3v) is 11.0. The van der Waals surface area contributed by atoms with Crippen molar-refractivity contribution in [1.82, 2.24) is 39.7 Å². The first kappa shape index (κ1) is 32.2. The molecule has 0 amide bonds. The van der Waals surface area contributed by atoms with Crippen LogP contribution in [0, 0.1) is 0 Å². The molecule has 0 aliphatic carbocycles. The van der Waals surface area contributed by atoms with Gasteiger partial charge in [-0.05, 0) is 69.5 Å². The molecule has 0 radical (unpaired) electrons. The minimum atomic E-state index is -2.76. The molecular weight excluding hydrogens is 625 g/mol. The van der Waals surface area contributed by atoms with Gasteiger partial charge in [-0.25, -0.2) is 0 Å². The highest BCUT2D eigenvalue weighted by Gasteiger charge is 2.29. The predicted octanol–water partition coefficient (Wildman–Crippen LogP) is 4.82. The number of aromatic amines is 1. The van der Waals surface area contributed by atoms with Gasteiger partial charge in [-0.1, -0.05) is 6.92 Å². The first-order chi connectivity index (χ1) is 23.2. The predicted molar refractivity (Wildman–Crippen MR) is 194 cm³/mol. The summed E-state index contributed by atoms with van der Waals surface area (Å²) in [6.45, 7) is 12.2. The van der Waals surface area contributed by atoms with Crippen molar-refractivity contribution in [2.45, 2.75) is 32.2 Å². The Morgan fingerprint density at radius 1 is 0.958 bits per heavy atom. The molecule has 0 saturated carbocycles. The van der Waals surface area contributed by atoms with Crippen molar-refractivity contribution in [3.05, 3.63) is 48.4 Å². The van der Waals surface area contributed by atoms with E-state index in [1.807, 2.05) is 24.4 Å². The molecule has 7 rings (SSSR count). The van der Waals surface area contributed by atoms with Crippen LogP contribution >= 0.6 is 7.14 Å². The Balaban J connectivity index is 1.16. The lowest BCUT2D eigenvalue weighted by molar-refractivity contribution is 0.0981. The Morgan fingerprint density at radius 2 is 1.73 bits per heavy atom. The zero-order valence-electron chi connectivity index (χ0n) is 28.3. The van der Waals surface area contributed by atoms with Crippen molar-refractivity contribution in [1.29, 1.82) is 0 Å². The number of nitrogens with one attached hydrogen (secondary N) is 3. The van der Waals surface area contributed by atoms with Crippen LogP contribution < -0.4 is 25.6 Å². The molecule has 2 aliphatic rings. The van der Waals surface area contributed by atoms with Gasteiger partial charge in [0.25, 0.3) is 0 Å². The fourth-order valence-electron chi connectivity index (χ4n) is 6.95. The van der Waals surface area contributed by atoms with Crippen LogP contribution in [0.25, 0.3) is 22.1 Å². The number of aryl methyl sites for hydroxylation is 1. The lowest BCUT2D eigenvalue weighted by atomic mass is 10.0. The van der Waals surface area contributed by atoms with Gasteiger partial charge in [0.15, 0.2) is 0 Å². The number of piperidine rings is 1. The molecule has 14 heteroatoms. The average Bonchev–Trinajstić information content (AvgIpc) is 3.57. The number of H-pyrrole nitrogens is 1. The number of anilines is 5. The molecule has 3 N–H and O–H groups in total. The minimum Gasteiger partial charge on any atom is -0.479 e. The van der Waals surface area contributed by atoms with Crippen LogP contribution in [-0.2, 0) is 11.0 Å². The molecule has 0 unspecified atom stereocenters. The number of likely N-dealkylation sites (N-methyl/N-ethyl adjacent to an activating group) is 1. The number of rotatable bonds is 9. The van der Waals surface area contributed by atoms with Crippen LogP contribution in [0.3, 0.4) is 0 Å². The monoisotopic (exact) mass is 669 g/mol. The summed E-state index contributed by atoms with van der Waals surface area (Å²) in [4.78, 5) is 34.3. The first-order valence-electron chi connectivity index (χ1n) is 16.7. The second-order valence-corrected chi connectivity index (χ2v) is 16.2. The van der Waals surface area contributed by atoms with Crippen LogP contribution in [0.1, 0.15) is 25.3 Å². The molecule has 2 aliphatic heterocycles. The van der Waals surface area contributed by atoms with Gasteiger partial charge in [-0.15, -0.1) is 0 Å². The number of hydrogen-bond acceptors (Lipinski definition) is 12. The quantitative estimate of drug-likeness (QED) is 0.186. The van der Waals surface area contributed by atoms with Crippen molar-refractivity contribution in [2.75, 3.05) is 82.3 Å². The van der Waals surface area contributed by atoms with E-state index in [0.29, 0.717) is 57.0 Å². The van der Waals surface area contributed by atoms with E-state index in [-0.39, 0.29) is 0 Å². The Morgan fingerprint density at radius 3 is 2.46 bits per heavy atom. The highest BCUT2D eigenvalue weighted by Crippen LogP contribution is 2.41. The molecule has 4 aromatic heterocycles. The van der Waals surface area contributed by atoms with Gasteiger partial charge >= 0.3 is 0 Å². The van der Waals surface area contributed by atoms with Gasteiger partial charge in [-0.2, -0.15) is 15.0 Å². The maximum Gasteiger partial charge on any atom is 0.239 e. The normalized spacial score (nSPS) is 16.9. The molecule has 5 aromatic rings. The fraction of sp³-hybridized carbons (Fsp3) is 0.441. The number of aromatic nitrogens is 6. The van der Waals surface area contributed by atoms with E-state index in [4.69, 9.17) is 19.7 Å². The summed E-state index contributed by atoms with van der Waals surface area (Å²) in [5.41, 5.74) is 4.44. The van der Waals surface area contributed by atoms with Crippen LogP contribution in [0.2, 0.25) is 0 Å². The summed E-state index contributed by atoms with van der Waals surface area (Å²) in [6, 6.07) is 8.40.